The van der Waals surface area contributed by atoms with Crippen molar-refractivity contribution in [3.63, 3.8) is 0 Å². The van der Waals surface area contributed by atoms with Crippen molar-refractivity contribution in [3.05, 3.63) is 35.4 Å². The molecule has 1 aromatic rings. The van der Waals surface area contributed by atoms with Crippen molar-refractivity contribution >= 4 is 5.91 Å². The summed E-state index contributed by atoms with van der Waals surface area (Å²) in [6, 6.07) is 7.45. The van der Waals surface area contributed by atoms with Crippen LogP contribution in [0.3, 0.4) is 0 Å². The molecule has 0 spiro atoms. The molecule has 0 unspecified atom stereocenters. The number of carbonyl (C=O) groups is 1. The van der Waals surface area contributed by atoms with Gasteiger partial charge >= 0.3 is 0 Å². The third-order valence-corrected chi connectivity index (χ3v) is 3.40. The highest BCUT2D eigenvalue weighted by Gasteiger charge is 2.29. The van der Waals surface area contributed by atoms with E-state index < -0.39 is 0 Å². The number of hydrogen-bond acceptors (Lipinski definition) is 3. The van der Waals surface area contributed by atoms with E-state index in [-0.39, 0.29) is 18.6 Å². The van der Waals surface area contributed by atoms with Crippen LogP contribution in [0.2, 0.25) is 0 Å². The molecule has 2 rings (SSSR count). The lowest BCUT2D eigenvalue weighted by Gasteiger charge is -2.24. The number of benzene rings is 1. The second-order valence-corrected chi connectivity index (χ2v) is 4.57. The van der Waals surface area contributed by atoms with Gasteiger partial charge in [0.2, 0.25) is 0 Å². The van der Waals surface area contributed by atoms with Gasteiger partial charge in [-0.3, -0.25) is 4.79 Å². The van der Waals surface area contributed by atoms with Crippen LogP contribution in [0.15, 0.2) is 24.3 Å². The van der Waals surface area contributed by atoms with Gasteiger partial charge in [0.05, 0.1) is 19.3 Å². The van der Waals surface area contributed by atoms with Crippen molar-refractivity contribution in [2.45, 2.75) is 25.5 Å². The molecular weight excluding hydrogens is 230 g/mol. The summed E-state index contributed by atoms with van der Waals surface area (Å²) < 4.78 is 5.11. The smallest absolute Gasteiger partial charge is 0.254 e. The van der Waals surface area contributed by atoms with Crippen LogP contribution in [0, 0.1) is 0 Å². The van der Waals surface area contributed by atoms with Crippen LogP contribution in [0.4, 0.5) is 0 Å². The first-order chi connectivity index (χ1) is 8.77. The normalized spacial score (nSPS) is 19.2. The Morgan fingerprint density at radius 1 is 1.50 bits per heavy atom. The van der Waals surface area contributed by atoms with Gasteiger partial charge in [-0.05, 0) is 24.5 Å². The SMILES string of the molecule is COCc1ccccc1C(=O)N1CCC[C@@H]1CO. The highest BCUT2D eigenvalue weighted by molar-refractivity contribution is 5.96. The molecule has 0 bridgehead atoms. The zero-order chi connectivity index (χ0) is 13.0. The van der Waals surface area contributed by atoms with Gasteiger partial charge in [0, 0.05) is 19.2 Å². The molecule has 0 saturated carbocycles. The van der Waals surface area contributed by atoms with E-state index in [0.29, 0.717) is 12.2 Å². The van der Waals surface area contributed by atoms with Crippen LogP contribution < -0.4 is 0 Å². The van der Waals surface area contributed by atoms with Crippen molar-refractivity contribution in [1.29, 1.82) is 0 Å². The highest BCUT2D eigenvalue weighted by Crippen LogP contribution is 2.21. The first kappa shape index (κ1) is 13.1. The maximum atomic E-state index is 12.5. The number of likely N-dealkylation sites (tertiary alicyclic amines) is 1. The van der Waals surface area contributed by atoms with E-state index >= 15 is 0 Å². The fourth-order valence-corrected chi connectivity index (χ4v) is 2.46. The summed E-state index contributed by atoms with van der Waals surface area (Å²) in [7, 11) is 1.62. The minimum absolute atomic E-state index is 0.000741. The van der Waals surface area contributed by atoms with Crippen molar-refractivity contribution in [1.82, 2.24) is 4.90 Å². The largest absolute Gasteiger partial charge is 0.394 e. The Morgan fingerprint density at radius 2 is 2.28 bits per heavy atom. The Bertz CT molecular complexity index is 419. The van der Waals surface area contributed by atoms with E-state index in [4.69, 9.17) is 4.74 Å². The Hall–Kier alpha value is -1.39. The first-order valence-electron chi connectivity index (χ1n) is 6.26. The molecule has 1 heterocycles. The number of hydrogen-bond donors (Lipinski definition) is 1. The third kappa shape index (κ3) is 2.54. The number of ether oxygens (including phenoxy) is 1. The molecule has 1 amide bonds. The second kappa shape index (κ2) is 5.98. The summed E-state index contributed by atoms with van der Waals surface area (Å²) in [5.74, 6) is -0.000741. The number of amides is 1. The number of methoxy groups -OCH3 is 1. The number of carbonyl (C=O) groups excluding carboxylic acids is 1. The summed E-state index contributed by atoms with van der Waals surface area (Å²) in [6.45, 7) is 1.20. The highest BCUT2D eigenvalue weighted by atomic mass is 16.5. The first-order valence-corrected chi connectivity index (χ1v) is 6.26. The summed E-state index contributed by atoms with van der Waals surface area (Å²) in [4.78, 5) is 14.2. The van der Waals surface area contributed by atoms with Crippen LogP contribution in [-0.4, -0.2) is 42.2 Å². The molecule has 98 valence electrons. The van der Waals surface area contributed by atoms with Crippen LogP contribution in [-0.2, 0) is 11.3 Å². The Labute approximate surface area is 107 Å². The van der Waals surface area contributed by atoms with E-state index in [2.05, 4.69) is 0 Å². The van der Waals surface area contributed by atoms with Crippen molar-refractivity contribution in [2.75, 3.05) is 20.3 Å². The van der Waals surface area contributed by atoms with Crippen LogP contribution >= 0.6 is 0 Å². The standard InChI is InChI=1S/C14H19NO3/c1-18-10-11-5-2-3-7-13(11)14(17)15-8-4-6-12(15)9-16/h2-3,5,7,12,16H,4,6,8-10H2,1H3/t12-/m1/s1. The topological polar surface area (TPSA) is 49.8 Å². The molecule has 0 radical (unpaired) electrons. The van der Waals surface area contributed by atoms with Crippen molar-refractivity contribution < 1.29 is 14.6 Å². The molecule has 0 aromatic heterocycles. The van der Waals surface area contributed by atoms with Gasteiger partial charge < -0.3 is 14.7 Å². The zero-order valence-electron chi connectivity index (χ0n) is 10.6. The minimum atomic E-state index is -0.0342. The van der Waals surface area contributed by atoms with E-state index in [0.717, 1.165) is 24.9 Å². The average molecular weight is 249 g/mol. The Morgan fingerprint density at radius 3 is 3.00 bits per heavy atom. The van der Waals surface area contributed by atoms with Crippen LogP contribution in [0.5, 0.6) is 0 Å². The number of aliphatic hydroxyl groups excluding tert-OH is 1. The average Bonchev–Trinajstić information content (AvgIpc) is 2.87. The molecular formula is C14H19NO3. The fraction of sp³-hybridized carbons (Fsp3) is 0.500. The van der Waals surface area contributed by atoms with Crippen molar-refractivity contribution in [3.8, 4) is 0 Å². The second-order valence-electron chi connectivity index (χ2n) is 4.57. The van der Waals surface area contributed by atoms with Gasteiger partial charge in [0.15, 0.2) is 0 Å². The third-order valence-electron chi connectivity index (χ3n) is 3.40. The lowest BCUT2D eigenvalue weighted by Crippen LogP contribution is -2.38. The maximum absolute atomic E-state index is 12.5. The lowest BCUT2D eigenvalue weighted by molar-refractivity contribution is 0.0673. The quantitative estimate of drug-likeness (QED) is 0.878. The maximum Gasteiger partial charge on any atom is 0.254 e. The molecule has 18 heavy (non-hydrogen) atoms. The summed E-state index contributed by atoms with van der Waals surface area (Å²) >= 11 is 0. The van der Waals surface area contributed by atoms with E-state index in [9.17, 15) is 9.90 Å². The van der Waals surface area contributed by atoms with Crippen LogP contribution in [0.25, 0.3) is 0 Å². The number of aliphatic hydroxyl groups is 1. The zero-order valence-corrected chi connectivity index (χ0v) is 10.6. The van der Waals surface area contributed by atoms with Gasteiger partial charge in [0.25, 0.3) is 5.91 Å². The van der Waals surface area contributed by atoms with Crippen molar-refractivity contribution in [2.24, 2.45) is 0 Å². The monoisotopic (exact) mass is 249 g/mol. The van der Waals surface area contributed by atoms with E-state index in [1.165, 1.54) is 0 Å². The van der Waals surface area contributed by atoms with Gasteiger partial charge in [-0.25, -0.2) is 0 Å². The van der Waals surface area contributed by atoms with Crippen LogP contribution in [0.1, 0.15) is 28.8 Å². The Kier molecular flexibility index (Phi) is 4.33. The molecule has 1 aliphatic rings. The van der Waals surface area contributed by atoms with Gasteiger partial charge in [-0.2, -0.15) is 0 Å². The van der Waals surface area contributed by atoms with E-state index in [1.54, 1.807) is 12.0 Å². The summed E-state index contributed by atoms with van der Waals surface area (Å²) in [5, 5.41) is 9.29. The number of nitrogens with zero attached hydrogens (tertiary/aromatic N) is 1. The molecule has 1 aromatic carbocycles. The van der Waals surface area contributed by atoms with E-state index in [1.807, 2.05) is 24.3 Å². The number of rotatable bonds is 4. The predicted molar refractivity (Wildman–Crippen MR) is 68.3 cm³/mol. The molecule has 0 aliphatic carbocycles. The molecule has 1 saturated heterocycles. The molecule has 4 nitrogen and oxygen atoms in total. The molecule has 1 aliphatic heterocycles. The molecule has 1 atom stereocenters. The minimum Gasteiger partial charge on any atom is -0.394 e. The van der Waals surface area contributed by atoms with Gasteiger partial charge in [0.1, 0.15) is 0 Å². The molecule has 1 fully saturated rings. The molecule has 1 N–H and O–H groups in total. The van der Waals surface area contributed by atoms with Gasteiger partial charge in [-0.15, -0.1) is 0 Å². The molecule has 4 heteroatoms. The predicted octanol–water partition coefficient (Wildman–Crippen LogP) is 1.43. The summed E-state index contributed by atoms with van der Waals surface area (Å²) in [6.07, 6.45) is 1.85. The fourth-order valence-electron chi connectivity index (χ4n) is 2.46. The lowest BCUT2D eigenvalue weighted by atomic mass is 10.1. The van der Waals surface area contributed by atoms with Gasteiger partial charge in [-0.1, -0.05) is 18.2 Å². The Balaban J connectivity index is 2.22. The summed E-state index contributed by atoms with van der Waals surface area (Å²) in [5.41, 5.74) is 1.58.